The maximum Gasteiger partial charge on any atom is 0.333 e. The van der Waals surface area contributed by atoms with Crippen LogP contribution in [0.25, 0.3) is 0 Å². The summed E-state index contributed by atoms with van der Waals surface area (Å²) in [7, 11) is 0. The summed E-state index contributed by atoms with van der Waals surface area (Å²) in [6, 6.07) is 4.24. The molecule has 0 radical (unpaired) electrons. The highest BCUT2D eigenvalue weighted by molar-refractivity contribution is 6.01. The Bertz CT molecular complexity index is 792. The van der Waals surface area contributed by atoms with Gasteiger partial charge in [0.25, 0.3) is 17.5 Å². The monoisotopic (exact) mass is 393 g/mol. The van der Waals surface area contributed by atoms with Crippen molar-refractivity contribution >= 4 is 29.4 Å². The lowest BCUT2D eigenvalue weighted by atomic mass is 10.1. The molecule has 2 N–H and O–H groups in total. The SMILES string of the molecule is O=C(CCCC(=O)ON1C(=O)CCC1=O)NCc1ccc(CO)c([N+](=O)[O-])c1. The normalized spacial score (nSPS) is 13.5. The Morgan fingerprint density at radius 1 is 1.21 bits per heavy atom. The van der Waals surface area contributed by atoms with E-state index in [0.717, 1.165) is 0 Å². The standard InChI is InChI=1S/C17H19N3O8/c21-10-12-5-4-11(8-13(12)20(26)27)9-18-14(22)2-1-3-17(25)28-19-15(23)6-7-16(19)24/h4-5,8,21H,1-3,6-7,9-10H2,(H,18,22). The van der Waals surface area contributed by atoms with Crippen LogP contribution in [0.3, 0.4) is 0 Å². The summed E-state index contributed by atoms with van der Waals surface area (Å²) in [5.74, 6) is -2.31. The number of imide groups is 1. The van der Waals surface area contributed by atoms with Crippen molar-refractivity contribution in [2.45, 2.75) is 45.3 Å². The van der Waals surface area contributed by atoms with Crippen LogP contribution in [0, 0.1) is 10.1 Å². The molecule has 1 aliphatic heterocycles. The highest BCUT2D eigenvalue weighted by atomic mass is 16.7. The Morgan fingerprint density at radius 3 is 2.50 bits per heavy atom. The molecule has 0 bridgehead atoms. The number of rotatable bonds is 9. The fraction of sp³-hybridized carbons (Fsp3) is 0.412. The zero-order chi connectivity index (χ0) is 20.7. The molecule has 0 aliphatic carbocycles. The van der Waals surface area contributed by atoms with E-state index in [-0.39, 0.29) is 55.8 Å². The van der Waals surface area contributed by atoms with Gasteiger partial charge in [-0.05, 0) is 18.1 Å². The van der Waals surface area contributed by atoms with Crippen LogP contribution in [0.4, 0.5) is 5.69 Å². The summed E-state index contributed by atoms with van der Waals surface area (Å²) in [6.45, 7) is -0.416. The average molecular weight is 393 g/mol. The number of nitrogens with zero attached hydrogens (tertiary/aromatic N) is 2. The van der Waals surface area contributed by atoms with Crippen LogP contribution >= 0.6 is 0 Å². The fourth-order valence-corrected chi connectivity index (χ4v) is 2.51. The second-order valence-electron chi connectivity index (χ2n) is 6.05. The molecule has 0 saturated carbocycles. The number of hydrogen-bond acceptors (Lipinski definition) is 8. The maximum absolute atomic E-state index is 11.8. The van der Waals surface area contributed by atoms with Gasteiger partial charge in [-0.3, -0.25) is 24.5 Å². The van der Waals surface area contributed by atoms with Crippen molar-refractivity contribution in [3.05, 3.63) is 39.4 Å². The second kappa shape index (κ2) is 9.55. The number of amides is 3. The molecule has 1 fully saturated rings. The Balaban J connectivity index is 1.73. The Morgan fingerprint density at radius 2 is 1.89 bits per heavy atom. The van der Waals surface area contributed by atoms with Crippen molar-refractivity contribution in [3.8, 4) is 0 Å². The predicted molar refractivity (Wildman–Crippen MR) is 91.9 cm³/mol. The second-order valence-corrected chi connectivity index (χ2v) is 6.05. The van der Waals surface area contributed by atoms with Crippen LogP contribution in [0.5, 0.6) is 0 Å². The molecule has 11 heteroatoms. The van der Waals surface area contributed by atoms with Gasteiger partial charge in [0.2, 0.25) is 5.91 Å². The van der Waals surface area contributed by atoms with Crippen LogP contribution in [0.1, 0.15) is 43.2 Å². The molecule has 3 amide bonds. The molecule has 1 aromatic carbocycles. The Hall–Kier alpha value is -3.34. The maximum atomic E-state index is 11.8. The van der Waals surface area contributed by atoms with Gasteiger partial charge in [-0.25, -0.2) is 4.79 Å². The van der Waals surface area contributed by atoms with Gasteiger partial charge < -0.3 is 15.3 Å². The zero-order valence-electron chi connectivity index (χ0n) is 14.9. The third-order valence-corrected chi connectivity index (χ3v) is 3.99. The van der Waals surface area contributed by atoms with Crippen molar-refractivity contribution in [1.29, 1.82) is 0 Å². The molecular formula is C17H19N3O8. The summed E-state index contributed by atoms with van der Waals surface area (Å²) in [5.41, 5.74) is 0.430. The highest BCUT2D eigenvalue weighted by Crippen LogP contribution is 2.20. The summed E-state index contributed by atoms with van der Waals surface area (Å²) in [6.07, 6.45) is -0.00261. The third-order valence-electron chi connectivity index (χ3n) is 3.99. The summed E-state index contributed by atoms with van der Waals surface area (Å²) in [4.78, 5) is 61.2. The first kappa shape index (κ1) is 21.0. The number of nitro benzene ring substituents is 1. The van der Waals surface area contributed by atoms with E-state index in [1.54, 1.807) is 6.07 Å². The van der Waals surface area contributed by atoms with Crippen molar-refractivity contribution in [2.24, 2.45) is 0 Å². The lowest BCUT2D eigenvalue weighted by molar-refractivity contribution is -0.385. The smallest absolute Gasteiger partial charge is 0.333 e. The lowest BCUT2D eigenvalue weighted by Crippen LogP contribution is -2.32. The van der Waals surface area contributed by atoms with E-state index in [0.29, 0.717) is 10.6 Å². The molecule has 28 heavy (non-hydrogen) atoms. The first-order valence-electron chi connectivity index (χ1n) is 8.52. The van der Waals surface area contributed by atoms with Crippen molar-refractivity contribution in [3.63, 3.8) is 0 Å². The number of carbonyl (C=O) groups excluding carboxylic acids is 4. The minimum atomic E-state index is -0.786. The summed E-state index contributed by atoms with van der Waals surface area (Å²) in [5, 5.41) is 23.1. The number of nitro groups is 1. The van der Waals surface area contributed by atoms with Crippen molar-refractivity contribution in [2.75, 3.05) is 0 Å². The first-order chi connectivity index (χ1) is 13.3. The molecule has 1 aliphatic rings. The van der Waals surface area contributed by atoms with E-state index < -0.39 is 29.3 Å². The van der Waals surface area contributed by atoms with E-state index in [1.165, 1.54) is 12.1 Å². The number of benzene rings is 1. The van der Waals surface area contributed by atoms with Gasteiger partial charge in [-0.2, -0.15) is 0 Å². The molecular weight excluding hydrogens is 374 g/mol. The average Bonchev–Trinajstić information content (AvgIpc) is 2.98. The van der Waals surface area contributed by atoms with Crippen LogP contribution in [0.2, 0.25) is 0 Å². The molecule has 150 valence electrons. The number of aliphatic hydroxyl groups excluding tert-OH is 1. The minimum absolute atomic E-state index is 0.00592. The molecule has 1 aromatic rings. The van der Waals surface area contributed by atoms with E-state index >= 15 is 0 Å². The number of aliphatic hydroxyl groups is 1. The molecule has 0 unspecified atom stereocenters. The summed E-state index contributed by atoms with van der Waals surface area (Å²) >= 11 is 0. The van der Waals surface area contributed by atoms with Gasteiger partial charge in [0.05, 0.1) is 17.1 Å². The summed E-state index contributed by atoms with van der Waals surface area (Å²) < 4.78 is 0. The van der Waals surface area contributed by atoms with Crippen LogP contribution in [-0.2, 0) is 37.2 Å². The first-order valence-corrected chi connectivity index (χ1v) is 8.52. The molecule has 0 spiro atoms. The minimum Gasteiger partial charge on any atom is -0.391 e. The zero-order valence-corrected chi connectivity index (χ0v) is 14.9. The highest BCUT2D eigenvalue weighted by Gasteiger charge is 2.32. The molecule has 2 rings (SSSR count). The lowest BCUT2D eigenvalue weighted by Gasteiger charge is -2.12. The van der Waals surface area contributed by atoms with Gasteiger partial charge >= 0.3 is 5.97 Å². The van der Waals surface area contributed by atoms with Gasteiger partial charge in [0, 0.05) is 38.3 Å². The number of nitrogens with one attached hydrogen (secondary N) is 1. The number of hydroxylamine groups is 2. The fourth-order valence-electron chi connectivity index (χ4n) is 2.51. The van der Waals surface area contributed by atoms with E-state index in [2.05, 4.69) is 10.2 Å². The molecule has 1 saturated heterocycles. The van der Waals surface area contributed by atoms with E-state index in [4.69, 9.17) is 5.11 Å². The Kier molecular flexibility index (Phi) is 7.15. The number of hydrogen-bond donors (Lipinski definition) is 2. The molecule has 0 atom stereocenters. The van der Waals surface area contributed by atoms with Gasteiger partial charge in [0.15, 0.2) is 0 Å². The van der Waals surface area contributed by atoms with E-state index in [9.17, 15) is 29.3 Å². The van der Waals surface area contributed by atoms with Crippen LogP contribution in [-0.4, -0.2) is 38.8 Å². The quantitative estimate of drug-likeness (QED) is 0.348. The largest absolute Gasteiger partial charge is 0.391 e. The van der Waals surface area contributed by atoms with E-state index in [1.807, 2.05) is 0 Å². The van der Waals surface area contributed by atoms with Gasteiger partial charge in [-0.15, -0.1) is 5.06 Å². The Labute approximate surface area is 159 Å². The van der Waals surface area contributed by atoms with Gasteiger partial charge in [0.1, 0.15) is 0 Å². The van der Waals surface area contributed by atoms with Crippen LogP contribution in [0.15, 0.2) is 18.2 Å². The van der Waals surface area contributed by atoms with Crippen molar-refractivity contribution in [1.82, 2.24) is 10.4 Å². The molecule has 0 aromatic heterocycles. The number of carbonyl (C=O) groups is 4. The molecule has 11 nitrogen and oxygen atoms in total. The third kappa shape index (κ3) is 5.58. The predicted octanol–water partition coefficient (Wildman–Crippen LogP) is 0.481. The van der Waals surface area contributed by atoms with Gasteiger partial charge in [-0.1, -0.05) is 6.07 Å². The molecule has 1 heterocycles. The van der Waals surface area contributed by atoms with Crippen molar-refractivity contribution < 1.29 is 34.0 Å². The topological polar surface area (TPSA) is 156 Å². The van der Waals surface area contributed by atoms with Crippen LogP contribution < -0.4 is 5.32 Å².